The minimum atomic E-state index is -0.222. The summed E-state index contributed by atoms with van der Waals surface area (Å²) in [6.07, 6.45) is 1.09. The molecule has 4 nitrogen and oxygen atoms in total. The molecular weight excluding hydrogens is 392 g/mol. The average molecular weight is 417 g/mol. The number of benzene rings is 3. The zero-order valence-corrected chi connectivity index (χ0v) is 17.9. The van der Waals surface area contributed by atoms with Gasteiger partial charge in [-0.25, -0.2) is 4.98 Å². The van der Waals surface area contributed by atoms with E-state index < -0.39 is 0 Å². The lowest BCUT2D eigenvalue weighted by Gasteiger charge is -2.10. The molecule has 0 saturated heterocycles. The molecule has 4 aromatic rings. The first kappa shape index (κ1) is 20.1. The minimum absolute atomic E-state index is 0.0480. The summed E-state index contributed by atoms with van der Waals surface area (Å²) < 4.78 is 5.61. The number of thiazole rings is 1. The van der Waals surface area contributed by atoms with Crippen molar-refractivity contribution in [2.24, 2.45) is 0 Å². The maximum atomic E-state index is 12.3. The Balaban J connectivity index is 1.35. The summed E-state index contributed by atoms with van der Waals surface area (Å²) in [6.45, 7) is 4.32. The van der Waals surface area contributed by atoms with Crippen molar-refractivity contribution < 1.29 is 9.53 Å². The highest BCUT2D eigenvalue weighted by molar-refractivity contribution is 7.14. The second kappa shape index (κ2) is 9.09. The lowest BCUT2D eigenvalue weighted by Crippen LogP contribution is -2.20. The third-order valence-corrected chi connectivity index (χ3v) is 5.98. The summed E-state index contributed by atoms with van der Waals surface area (Å²) in [4.78, 5) is 16.8. The Hall–Kier alpha value is -3.18. The number of rotatable bonds is 7. The lowest BCUT2D eigenvalue weighted by molar-refractivity contribution is -0.118. The van der Waals surface area contributed by atoms with Crippen molar-refractivity contribution in [2.45, 2.75) is 26.2 Å². The summed E-state index contributed by atoms with van der Waals surface area (Å²) in [7, 11) is 0. The maximum Gasteiger partial charge on any atom is 0.264 e. The Morgan fingerprint density at radius 1 is 1.07 bits per heavy atom. The summed E-state index contributed by atoms with van der Waals surface area (Å²) in [6, 6.07) is 22.4. The van der Waals surface area contributed by atoms with E-state index >= 15 is 0 Å². The van der Waals surface area contributed by atoms with Crippen LogP contribution in [0.5, 0.6) is 5.75 Å². The fourth-order valence-electron chi connectivity index (χ4n) is 3.24. The van der Waals surface area contributed by atoms with Crippen molar-refractivity contribution in [1.82, 2.24) is 4.98 Å². The van der Waals surface area contributed by atoms with E-state index in [1.807, 2.05) is 29.6 Å². The molecule has 1 unspecified atom stereocenters. The van der Waals surface area contributed by atoms with Gasteiger partial charge in [0.15, 0.2) is 11.7 Å². The number of nitrogens with one attached hydrogen (secondary N) is 1. The SMILES string of the molecule is CCC(C)c1ccc(OCC(=O)Nc2nc(-c3ccc4ccccc4c3)cs2)cc1. The van der Waals surface area contributed by atoms with E-state index in [1.54, 1.807) is 0 Å². The normalized spacial score (nSPS) is 11.9. The lowest BCUT2D eigenvalue weighted by atomic mass is 9.99. The van der Waals surface area contributed by atoms with Gasteiger partial charge in [0.2, 0.25) is 0 Å². The van der Waals surface area contributed by atoms with Crippen LogP contribution >= 0.6 is 11.3 Å². The fraction of sp³-hybridized carbons (Fsp3) is 0.200. The molecule has 1 heterocycles. The molecule has 1 aromatic heterocycles. The average Bonchev–Trinajstić information content (AvgIpc) is 3.25. The van der Waals surface area contributed by atoms with Crippen LogP contribution in [-0.2, 0) is 4.79 Å². The molecule has 0 fully saturated rings. The van der Waals surface area contributed by atoms with Crippen LogP contribution in [0.1, 0.15) is 31.7 Å². The molecule has 0 aliphatic heterocycles. The van der Waals surface area contributed by atoms with Crippen molar-refractivity contribution in [1.29, 1.82) is 0 Å². The van der Waals surface area contributed by atoms with Crippen LogP contribution < -0.4 is 10.1 Å². The summed E-state index contributed by atoms with van der Waals surface area (Å²) in [5.74, 6) is 0.984. The molecule has 1 N–H and O–H groups in total. The van der Waals surface area contributed by atoms with Gasteiger partial charge in [0.05, 0.1) is 5.69 Å². The van der Waals surface area contributed by atoms with E-state index in [2.05, 4.69) is 66.6 Å². The van der Waals surface area contributed by atoms with Crippen LogP contribution in [0, 0.1) is 0 Å². The largest absolute Gasteiger partial charge is 0.484 e. The molecule has 30 heavy (non-hydrogen) atoms. The van der Waals surface area contributed by atoms with Crippen LogP contribution in [0.25, 0.3) is 22.0 Å². The molecule has 0 aliphatic carbocycles. The molecule has 152 valence electrons. The Kier molecular flexibility index (Phi) is 6.10. The molecule has 3 aromatic carbocycles. The predicted octanol–water partition coefficient (Wildman–Crippen LogP) is 6.49. The van der Waals surface area contributed by atoms with E-state index in [4.69, 9.17) is 4.74 Å². The number of hydrogen-bond donors (Lipinski definition) is 1. The first-order valence-corrected chi connectivity index (χ1v) is 11.0. The summed E-state index contributed by atoms with van der Waals surface area (Å²) in [5, 5.41) is 7.70. The highest BCUT2D eigenvalue weighted by Gasteiger charge is 2.10. The van der Waals surface area contributed by atoms with Crippen molar-refractivity contribution in [2.75, 3.05) is 11.9 Å². The smallest absolute Gasteiger partial charge is 0.264 e. The molecule has 0 bridgehead atoms. The maximum absolute atomic E-state index is 12.3. The topological polar surface area (TPSA) is 51.2 Å². The molecule has 0 aliphatic rings. The number of hydrogen-bond acceptors (Lipinski definition) is 4. The van der Waals surface area contributed by atoms with Crippen molar-refractivity contribution in [3.8, 4) is 17.0 Å². The second-order valence-electron chi connectivity index (χ2n) is 7.32. The molecule has 0 radical (unpaired) electrons. The number of ether oxygens (including phenoxy) is 1. The highest BCUT2D eigenvalue weighted by atomic mass is 32.1. The van der Waals surface area contributed by atoms with Crippen molar-refractivity contribution in [3.05, 3.63) is 77.7 Å². The van der Waals surface area contributed by atoms with Crippen LogP contribution in [-0.4, -0.2) is 17.5 Å². The van der Waals surface area contributed by atoms with E-state index in [1.165, 1.54) is 27.7 Å². The van der Waals surface area contributed by atoms with E-state index in [0.29, 0.717) is 16.8 Å². The number of nitrogens with zero attached hydrogens (tertiary/aromatic N) is 1. The van der Waals surface area contributed by atoms with Crippen LogP contribution in [0.15, 0.2) is 72.1 Å². The molecule has 1 amide bonds. The van der Waals surface area contributed by atoms with Gasteiger partial charge in [-0.3, -0.25) is 10.1 Å². The van der Waals surface area contributed by atoms with Gasteiger partial charge in [0.1, 0.15) is 5.75 Å². The first-order chi connectivity index (χ1) is 14.6. The van der Waals surface area contributed by atoms with Crippen LogP contribution in [0.2, 0.25) is 0 Å². The van der Waals surface area contributed by atoms with Crippen molar-refractivity contribution in [3.63, 3.8) is 0 Å². The van der Waals surface area contributed by atoms with Gasteiger partial charge in [0, 0.05) is 10.9 Å². The van der Waals surface area contributed by atoms with Gasteiger partial charge in [-0.05, 0) is 46.9 Å². The highest BCUT2D eigenvalue weighted by Crippen LogP contribution is 2.28. The Morgan fingerprint density at radius 3 is 2.60 bits per heavy atom. The molecule has 0 saturated carbocycles. The van der Waals surface area contributed by atoms with Crippen molar-refractivity contribution >= 4 is 33.1 Å². The van der Waals surface area contributed by atoms with Crippen LogP contribution in [0.3, 0.4) is 0 Å². The number of anilines is 1. The van der Waals surface area contributed by atoms with E-state index in [9.17, 15) is 4.79 Å². The number of amides is 1. The second-order valence-corrected chi connectivity index (χ2v) is 8.17. The molecule has 1 atom stereocenters. The molecule has 4 rings (SSSR count). The quantitative estimate of drug-likeness (QED) is 0.374. The minimum Gasteiger partial charge on any atom is -0.484 e. The standard InChI is InChI=1S/C25H24N2O2S/c1-3-17(2)18-10-12-22(13-11-18)29-15-24(28)27-25-26-23(16-30-25)21-9-8-19-6-4-5-7-20(19)14-21/h4-14,16-17H,3,15H2,1-2H3,(H,26,27,28). The number of carbonyl (C=O) groups excluding carboxylic acids is 1. The molecule has 0 spiro atoms. The van der Waals surface area contributed by atoms with Gasteiger partial charge in [-0.1, -0.05) is 62.4 Å². The molecule has 5 heteroatoms. The van der Waals surface area contributed by atoms with Gasteiger partial charge in [-0.15, -0.1) is 11.3 Å². The monoisotopic (exact) mass is 416 g/mol. The van der Waals surface area contributed by atoms with Gasteiger partial charge >= 0.3 is 0 Å². The van der Waals surface area contributed by atoms with Gasteiger partial charge < -0.3 is 4.74 Å². The zero-order valence-electron chi connectivity index (χ0n) is 17.1. The third-order valence-electron chi connectivity index (χ3n) is 5.23. The van der Waals surface area contributed by atoms with Gasteiger partial charge in [-0.2, -0.15) is 0 Å². The van der Waals surface area contributed by atoms with E-state index in [-0.39, 0.29) is 12.5 Å². The Labute approximate surface area is 180 Å². The number of aromatic nitrogens is 1. The summed E-state index contributed by atoms with van der Waals surface area (Å²) in [5.41, 5.74) is 3.16. The predicted molar refractivity (Wildman–Crippen MR) is 124 cm³/mol. The fourth-order valence-corrected chi connectivity index (χ4v) is 3.98. The number of carbonyl (C=O) groups is 1. The van der Waals surface area contributed by atoms with Crippen LogP contribution in [0.4, 0.5) is 5.13 Å². The summed E-state index contributed by atoms with van der Waals surface area (Å²) >= 11 is 1.41. The third kappa shape index (κ3) is 4.69. The Bertz CT molecular complexity index is 1150. The molecular formula is C25H24N2O2S. The Morgan fingerprint density at radius 2 is 1.83 bits per heavy atom. The zero-order chi connectivity index (χ0) is 20.9. The number of fused-ring (bicyclic) bond motifs is 1. The van der Waals surface area contributed by atoms with E-state index in [0.717, 1.165) is 17.7 Å². The van der Waals surface area contributed by atoms with Gasteiger partial charge in [0.25, 0.3) is 5.91 Å². The first-order valence-electron chi connectivity index (χ1n) is 10.1.